The van der Waals surface area contributed by atoms with E-state index in [2.05, 4.69) is 5.32 Å². The van der Waals surface area contributed by atoms with Crippen molar-refractivity contribution in [3.05, 3.63) is 35.4 Å². The van der Waals surface area contributed by atoms with E-state index in [9.17, 15) is 9.59 Å². The summed E-state index contributed by atoms with van der Waals surface area (Å²) in [5, 5.41) is 11.7. The second-order valence-corrected chi connectivity index (χ2v) is 5.58. The molecule has 0 bridgehead atoms. The number of ether oxygens (including phenoxy) is 1. The molecule has 1 aliphatic carbocycles. The van der Waals surface area contributed by atoms with E-state index >= 15 is 0 Å². The van der Waals surface area contributed by atoms with Crippen molar-refractivity contribution in [3.8, 4) is 6.07 Å². The second kappa shape index (κ2) is 7.60. The van der Waals surface area contributed by atoms with Gasteiger partial charge in [-0.15, -0.1) is 0 Å². The number of rotatable bonds is 4. The summed E-state index contributed by atoms with van der Waals surface area (Å²) in [4.78, 5) is 24.0. The lowest BCUT2D eigenvalue weighted by molar-refractivity contribution is -0.148. The summed E-state index contributed by atoms with van der Waals surface area (Å²) in [5.41, 5.74) is 0.919. The maximum absolute atomic E-state index is 12.2. The minimum absolute atomic E-state index is 0.115. The Kier molecular flexibility index (Phi) is 5.54. The summed E-state index contributed by atoms with van der Waals surface area (Å²) in [6.45, 7) is 0.454. The Hall–Kier alpha value is -2.35. The molecule has 2 atom stereocenters. The minimum atomic E-state index is -0.216. The topological polar surface area (TPSA) is 79.2 Å². The van der Waals surface area contributed by atoms with Gasteiger partial charge in [-0.05, 0) is 37.0 Å². The highest BCUT2D eigenvalue weighted by Crippen LogP contribution is 2.30. The van der Waals surface area contributed by atoms with Crippen LogP contribution in [0, 0.1) is 23.2 Å². The van der Waals surface area contributed by atoms with E-state index in [0.717, 1.165) is 25.7 Å². The van der Waals surface area contributed by atoms with Gasteiger partial charge in [0.15, 0.2) is 0 Å². The predicted octanol–water partition coefficient (Wildman–Crippen LogP) is 2.27. The van der Waals surface area contributed by atoms with Crippen LogP contribution in [0.4, 0.5) is 0 Å². The number of nitrogens with zero attached hydrogens (tertiary/aromatic N) is 1. The lowest BCUT2D eigenvalue weighted by Crippen LogP contribution is -2.37. The number of amides is 1. The van der Waals surface area contributed by atoms with Crippen LogP contribution in [0.1, 0.15) is 41.6 Å². The summed E-state index contributed by atoms with van der Waals surface area (Å²) in [6, 6.07) is 8.60. The van der Waals surface area contributed by atoms with Gasteiger partial charge in [0.05, 0.1) is 24.7 Å². The molecule has 0 spiro atoms. The first kappa shape index (κ1) is 16.0. The average Bonchev–Trinajstić information content (AvgIpc) is 2.59. The molecule has 0 saturated heterocycles. The number of carbonyl (C=O) groups is 2. The van der Waals surface area contributed by atoms with E-state index in [4.69, 9.17) is 10.00 Å². The summed E-state index contributed by atoms with van der Waals surface area (Å²) >= 11 is 0. The molecule has 1 saturated carbocycles. The standard InChI is InChI=1S/C17H20N2O3/c1-22-17(21)15-8-3-2-6-14(15)11-19-16(20)13-7-4-5-12(9-13)10-18/h4-5,7,9,14-15H,2-3,6,8,11H2,1H3,(H,19,20). The van der Waals surface area contributed by atoms with E-state index in [0.29, 0.717) is 17.7 Å². The van der Waals surface area contributed by atoms with Gasteiger partial charge < -0.3 is 10.1 Å². The Morgan fingerprint density at radius 1 is 1.36 bits per heavy atom. The summed E-state index contributed by atoms with van der Waals surface area (Å²) in [5.74, 6) is -0.425. The number of esters is 1. The van der Waals surface area contributed by atoms with Gasteiger partial charge in [0.1, 0.15) is 0 Å². The minimum Gasteiger partial charge on any atom is -0.469 e. The van der Waals surface area contributed by atoms with Crippen molar-refractivity contribution in [3.63, 3.8) is 0 Å². The summed E-state index contributed by atoms with van der Waals surface area (Å²) in [6.07, 6.45) is 3.82. The number of hydrogen-bond donors (Lipinski definition) is 1. The zero-order chi connectivity index (χ0) is 15.9. The number of carbonyl (C=O) groups excluding carboxylic acids is 2. The van der Waals surface area contributed by atoms with Crippen molar-refractivity contribution in [2.75, 3.05) is 13.7 Å². The van der Waals surface area contributed by atoms with Crippen molar-refractivity contribution in [1.29, 1.82) is 5.26 Å². The molecule has 0 aliphatic heterocycles. The second-order valence-electron chi connectivity index (χ2n) is 5.58. The van der Waals surface area contributed by atoms with E-state index in [-0.39, 0.29) is 23.7 Å². The molecule has 0 aromatic heterocycles. The van der Waals surface area contributed by atoms with Crippen LogP contribution in [0.15, 0.2) is 24.3 Å². The first-order valence-electron chi connectivity index (χ1n) is 7.52. The van der Waals surface area contributed by atoms with Crippen molar-refractivity contribution in [2.45, 2.75) is 25.7 Å². The first-order chi connectivity index (χ1) is 10.7. The molecule has 5 heteroatoms. The van der Waals surface area contributed by atoms with Gasteiger partial charge in [0.2, 0.25) is 0 Å². The molecule has 0 radical (unpaired) electrons. The van der Waals surface area contributed by atoms with Gasteiger partial charge in [0, 0.05) is 12.1 Å². The predicted molar refractivity (Wildman–Crippen MR) is 81.0 cm³/mol. The summed E-state index contributed by atoms with van der Waals surface area (Å²) < 4.78 is 4.85. The Labute approximate surface area is 130 Å². The molecule has 1 fully saturated rings. The molecule has 1 aromatic rings. The smallest absolute Gasteiger partial charge is 0.309 e. The van der Waals surface area contributed by atoms with Crippen LogP contribution in [0.5, 0.6) is 0 Å². The maximum atomic E-state index is 12.2. The van der Waals surface area contributed by atoms with E-state index in [1.807, 2.05) is 6.07 Å². The van der Waals surface area contributed by atoms with E-state index < -0.39 is 0 Å². The zero-order valence-corrected chi connectivity index (χ0v) is 12.7. The molecular weight excluding hydrogens is 280 g/mol. The van der Waals surface area contributed by atoms with Gasteiger partial charge in [-0.2, -0.15) is 5.26 Å². The van der Waals surface area contributed by atoms with Crippen LogP contribution in [-0.2, 0) is 9.53 Å². The molecule has 2 unspecified atom stereocenters. The molecular formula is C17H20N2O3. The van der Waals surface area contributed by atoms with Crippen LogP contribution < -0.4 is 5.32 Å². The maximum Gasteiger partial charge on any atom is 0.309 e. The van der Waals surface area contributed by atoms with Crippen molar-refractivity contribution < 1.29 is 14.3 Å². The molecule has 116 valence electrons. The fraction of sp³-hybridized carbons (Fsp3) is 0.471. The highest BCUT2D eigenvalue weighted by Gasteiger charge is 2.31. The number of benzene rings is 1. The van der Waals surface area contributed by atoms with Gasteiger partial charge in [-0.3, -0.25) is 9.59 Å². The van der Waals surface area contributed by atoms with E-state index in [1.165, 1.54) is 7.11 Å². The highest BCUT2D eigenvalue weighted by atomic mass is 16.5. The monoisotopic (exact) mass is 300 g/mol. The number of methoxy groups -OCH3 is 1. The lowest BCUT2D eigenvalue weighted by Gasteiger charge is -2.29. The third kappa shape index (κ3) is 3.85. The molecule has 2 rings (SSSR count). The third-order valence-electron chi connectivity index (χ3n) is 4.19. The van der Waals surface area contributed by atoms with Gasteiger partial charge in [0.25, 0.3) is 5.91 Å². The fourth-order valence-electron chi connectivity index (χ4n) is 2.97. The molecule has 22 heavy (non-hydrogen) atoms. The summed E-state index contributed by atoms with van der Waals surface area (Å²) in [7, 11) is 1.40. The molecule has 0 heterocycles. The van der Waals surface area contributed by atoms with Gasteiger partial charge >= 0.3 is 5.97 Å². The van der Waals surface area contributed by atoms with Crippen LogP contribution in [0.3, 0.4) is 0 Å². The van der Waals surface area contributed by atoms with Crippen LogP contribution in [0.25, 0.3) is 0 Å². The third-order valence-corrected chi connectivity index (χ3v) is 4.19. The Balaban J connectivity index is 1.97. The van der Waals surface area contributed by atoms with Crippen molar-refractivity contribution in [1.82, 2.24) is 5.32 Å². The van der Waals surface area contributed by atoms with Gasteiger partial charge in [-0.25, -0.2) is 0 Å². The quantitative estimate of drug-likeness (QED) is 0.865. The largest absolute Gasteiger partial charge is 0.469 e. The Morgan fingerprint density at radius 3 is 2.86 bits per heavy atom. The van der Waals surface area contributed by atoms with Crippen LogP contribution >= 0.6 is 0 Å². The number of nitrogens with one attached hydrogen (secondary N) is 1. The normalized spacial score (nSPS) is 20.7. The Morgan fingerprint density at radius 2 is 2.14 bits per heavy atom. The Bertz CT molecular complexity index is 592. The van der Waals surface area contributed by atoms with Crippen LogP contribution in [0.2, 0.25) is 0 Å². The van der Waals surface area contributed by atoms with Crippen molar-refractivity contribution >= 4 is 11.9 Å². The number of nitriles is 1. The van der Waals surface area contributed by atoms with Crippen molar-refractivity contribution in [2.24, 2.45) is 11.8 Å². The van der Waals surface area contributed by atoms with E-state index in [1.54, 1.807) is 24.3 Å². The SMILES string of the molecule is COC(=O)C1CCCCC1CNC(=O)c1cccc(C#N)c1. The van der Waals surface area contributed by atoms with Gasteiger partial charge in [-0.1, -0.05) is 18.9 Å². The molecule has 1 aromatic carbocycles. The molecule has 5 nitrogen and oxygen atoms in total. The highest BCUT2D eigenvalue weighted by molar-refractivity contribution is 5.94. The fourth-order valence-corrected chi connectivity index (χ4v) is 2.97. The zero-order valence-electron chi connectivity index (χ0n) is 12.7. The molecule has 1 aliphatic rings. The number of hydrogen-bond acceptors (Lipinski definition) is 4. The molecule has 1 amide bonds. The average molecular weight is 300 g/mol. The van der Waals surface area contributed by atoms with Crippen LogP contribution in [-0.4, -0.2) is 25.5 Å². The molecule has 1 N–H and O–H groups in total. The lowest BCUT2D eigenvalue weighted by atomic mass is 9.79. The first-order valence-corrected chi connectivity index (χ1v) is 7.52.